The summed E-state index contributed by atoms with van der Waals surface area (Å²) < 4.78 is 11.9. The van der Waals surface area contributed by atoms with E-state index >= 15 is 0 Å². The topological polar surface area (TPSA) is 82.4 Å². The molecule has 0 unspecified atom stereocenters. The normalized spacial score (nSPS) is 11.8. The van der Waals surface area contributed by atoms with E-state index in [1.165, 1.54) is 26.2 Å². The summed E-state index contributed by atoms with van der Waals surface area (Å²) in [6, 6.07) is 2.74. The second kappa shape index (κ2) is 7.97. The standard InChI is InChI=1S/C17H19Cl2N3O4/c1-8-14(9(2)22(4)21-8)20-16(23)10(3)26-17(24)11-6-12(18)15(25-5)13(19)7-11/h6-7,10H,1-5H3,(H,20,23)/t10-/m1/s1. The van der Waals surface area contributed by atoms with E-state index < -0.39 is 18.0 Å². The van der Waals surface area contributed by atoms with Crippen LogP contribution in [-0.2, 0) is 16.6 Å². The van der Waals surface area contributed by atoms with Crippen LogP contribution in [0.25, 0.3) is 0 Å². The number of nitrogens with zero attached hydrogens (tertiary/aromatic N) is 2. The maximum atomic E-state index is 12.3. The third-order valence-electron chi connectivity index (χ3n) is 3.85. The minimum atomic E-state index is -1.03. The molecule has 7 nitrogen and oxygen atoms in total. The molecule has 140 valence electrons. The molecule has 0 fully saturated rings. The Morgan fingerprint density at radius 2 is 1.81 bits per heavy atom. The van der Waals surface area contributed by atoms with Crippen LogP contribution in [0.2, 0.25) is 10.0 Å². The zero-order chi connectivity index (χ0) is 19.6. The van der Waals surface area contributed by atoms with E-state index in [1.54, 1.807) is 18.7 Å². The van der Waals surface area contributed by atoms with Gasteiger partial charge >= 0.3 is 5.97 Å². The Kier molecular flexibility index (Phi) is 6.15. The summed E-state index contributed by atoms with van der Waals surface area (Å²) in [4.78, 5) is 24.6. The Labute approximate surface area is 161 Å². The van der Waals surface area contributed by atoms with Crippen LogP contribution >= 0.6 is 23.2 Å². The predicted octanol–water partition coefficient (Wildman–Crippen LogP) is 3.54. The Morgan fingerprint density at radius 1 is 1.23 bits per heavy atom. The number of benzene rings is 1. The summed E-state index contributed by atoms with van der Waals surface area (Å²) in [5, 5.41) is 7.29. The minimum absolute atomic E-state index is 0.120. The minimum Gasteiger partial charge on any atom is -0.494 e. The van der Waals surface area contributed by atoms with Gasteiger partial charge in [0.2, 0.25) is 0 Å². The number of aryl methyl sites for hydroxylation is 2. The average molecular weight is 400 g/mol. The van der Waals surface area contributed by atoms with E-state index in [9.17, 15) is 9.59 Å². The van der Waals surface area contributed by atoms with Crippen molar-refractivity contribution >= 4 is 40.8 Å². The van der Waals surface area contributed by atoms with Gasteiger partial charge in [-0.3, -0.25) is 9.48 Å². The molecule has 0 aliphatic heterocycles. The molecule has 1 N–H and O–H groups in total. The molecular weight excluding hydrogens is 381 g/mol. The molecule has 9 heteroatoms. The number of halogens is 2. The number of amides is 1. The van der Waals surface area contributed by atoms with Gasteiger partial charge in [0.15, 0.2) is 11.9 Å². The first-order valence-electron chi connectivity index (χ1n) is 7.70. The van der Waals surface area contributed by atoms with Gasteiger partial charge in [0.25, 0.3) is 5.91 Å². The number of carbonyl (C=O) groups is 2. The van der Waals surface area contributed by atoms with Gasteiger partial charge in [0.1, 0.15) is 0 Å². The third-order valence-corrected chi connectivity index (χ3v) is 4.41. The van der Waals surface area contributed by atoms with E-state index in [2.05, 4.69) is 10.4 Å². The Hall–Kier alpha value is -2.25. The van der Waals surface area contributed by atoms with Gasteiger partial charge in [-0.25, -0.2) is 4.79 Å². The molecule has 0 aliphatic carbocycles. The number of esters is 1. The average Bonchev–Trinajstić information content (AvgIpc) is 2.80. The van der Waals surface area contributed by atoms with Crippen molar-refractivity contribution in [2.24, 2.45) is 7.05 Å². The molecule has 26 heavy (non-hydrogen) atoms. The SMILES string of the molecule is COc1c(Cl)cc(C(=O)O[C@H](C)C(=O)Nc2c(C)nn(C)c2C)cc1Cl. The smallest absolute Gasteiger partial charge is 0.339 e. The number of hydrogen-bond donors (Lipinski definition) is 1. The number of hydrogen-bond acceptors (Lipinski definition) is 5. The quantitative estimate of drug-likeness (QED) is 0.777. The van der Waals surface area contributed by atoms with Crippen molar-refractivity contribution in [1.82, 2.24) is 9.78 Å². The maximum absolute atomic E-state index is 12.3. The van der Waals surface area contributed by atoms with Crippen molar-refractivity contribution in [2.45, 2.75) is 26.9 Å². The van der Waals surface area contributed by atoms with Crippen molar-refractivity contribution in [3.05, 3.63) is 39.1 Å². The Bertz CT molecular complexity index is 841. The third kappa shape index (κ3) is 4.11. The van der Waals surface area contributed by atoms with E-state index in [-0.39, 0.29) is 21.4 Å². The van der Waals surface area contributed by atoms with Gasteiger partial charge in [-0.1, -0.05) is 23.2 Å². The first-order chi connectivity index (χ1) is 12.1. The number of nitrogens with one attached hydrogen (secondary N) is 1. The number of methoxy groups -OCH3 is 1. The molecule has 0 aliphatic rings. The molecular formula is C17H19Cl2N3O4. The van der Waals surface area contributed by atoms with Crippen LogP contribution in [0.15, 0.2) is 12.1 Å². The maximum Gasteiger partial charge on any atom is 0.339 e. The van der Waals surface area contributed by atoms with E-state index in [0.29, 0.717) is 11.4 Å². The van der Waals surface area contributed by atoms with E-state index in [1.807, 2.05) is 6.92 Å². The van der Waals surface area contributed by atoms with Crippen LogP contribution in [-0.4, -0.2) is 34.9 Å². The van der Waals surface area contributed by atoms with Gasteiger partial charge in [0.05, 0.1) is 39.8 Å². The van der Waals surface area contributed by atoms with Gasteiger partial charge in [-0.2, -0.15) is 5.10 Å². The summed E-state index contributed by atoms with van der Waals surface area (Å²) >= 11 is 12.0. The first kappa shape index (κ1) is 20.1. The second-order valence-corrected chi connectivity index (χ2v) is 6.49. The molecule has 2 aromatic rings. The Balaban J connectivity index is 2.10. The number of ether oxygens (including phenoxy) is 2. The molecule has 0 spiro atoms. The summed E-state index contributed by atoms with van der Waals surface area (Å²) in [6.07, 6.45) is -1.03. The van der Waals surface area contributed by atoms with Crippen LogP contribution in [0, 0.1) is 13.8 Å². The van der Waals surface area contributed by atoms with Gasteiger partial charge in [-0.05, 0) is 32.9 Å². The lowest BCUT2D eigenvalue weighted by Crippen LogP contribution is -2.30. The summed E-state index contributed by atoms with van der Waals surface area (Å²) in [5.74, 6) is -0.930. The lowest BCUT2D eigenvalue weighted by molar-refractivity contribution is -0.123. The molecule has 1 atom stereocenters. The van der Waals surface area contributed by atoms with Crippen molar-refractivity contribution in [3.63, 3.8) is 0 Å². The van der Waals surface area contributed by atoms with Crippen LogP contribution in [0.4, 0.5) is 5.69 Å². The molecule has 1 amide bonds. The van der Waals surface area contributed by atoms with Crippen molar-refractivity contribution < 1.29 is 19.1 Å². The van der Waals surface area contributed by atoms with Crippen molar-refractivity contribution in [1.29, 1.82) is 0 Å². The zero-order valence-electron chi connectivity index (χ0n) is 15.0. The molecule has 0 radical (unpaired) electrons. The molecule has 0 bridgehead atoms. The highest BCUT2D eigenvalue weighted by atomic mass is 35.5. The van der Waals surface area contributed by atoms with Gasteiger partial charge in [0, 0.05) is 7.05 Å². The van der Waals surface area contributed by atoms with Crippen LogP contribution < -0.4 is 10.1 Å². The lowest BCUT2D eigenvalue weighted by Gasteiger charge is -2.14. The largest absolute Gasteiger partial charge is 0.494 e. The molecule has 2 rings (SSSR count). The summed E-state index contributed by atoms with van der Waals surface area (Å²) in [7, 11) is 3.19. The fourth-order valence-corrected chi connectivity index (χ4v) is 2.98. The summed E-state index contributed by atoms with van der Waals surface area (Å²) in [5.41, 5.74) is 2.18. The van der Waals surface area contributed by atoms with Crippen molar-refractivity contribution in [2.75, 3.05) is 12.4 Å². The first-order valence-corrected chi connectivity index (χ1v) is 8.46. The number of carbonyl (C=O) groups excluding carboxylic acids is 2. The highest BCUT2D eigenvalue weighted by Crippen LogP contribution is 2.34. The fraction of sp³-hybridized carbons (Fsp3) is 0.353. The molecule has 1 heterocycles. The second-order valence-electron chi connectivity index (χ2n) is 5.68. The van der Waals surface area contributed by atoms with Crippen LogP contribution in [0.5, 0.6) is 5.75 Å². The zero-order valence-corrected chi connectivity index (χ0v) is 16.5. The highest BCUT2D eigenvalue weighted by Gasteiger charge is 2.23. The van der Waals surface area contributed by atoms with E-state index in [0.717, 1.165) is 5.69 Å². The predicted molar refractivity (Wildman–Crippen MR) is 99.2 cm³/mol. The Morgan fingerprint density at radius 3 is 2.27 bits per heavy atom. The number of anilines is 1. The van der Waals surface area contributed by atoms with Crippen LogP contribution in [0.1, 0.15) is 28.7 Å². The summed E-state index contributed by atoms with van der Waals surface area (Å²) in [6.45, 7) is 5.08. The molecule has 1 aromatic heterocycles. The number of aromatic nitrogens is 2. The van der Waals surface area contributed by atoms with Gasteiger partial charge < -0.3 is 14.8 Å². The highest BCUT2D eigenvalue weighted by molar-refractivity contribution is 6.37. The van der Waals surface area contributed by atoms with Crippen LogP contribution in [0.3, 0.4) is 0 Å². The number of rotatable bonds is 5. The lowest BCUT2D eigenvalue weighted by atomic mass is 10.2. The van der Waals surface area contributed by atoms with E-state index in [4.69, 9.17) is 32.7 Å². The fourth-order valence-electron chi connectivity index (χ4n) is 2.33. The monoisotopic (exact) mass is 399 g/mol. The van der Waals surface area contributed by atoms with Gasteiger partial charge in [-0.15, -0.1) is 0 Å². The van der Waals surface area contributed by atoms with Crippen molar-refractivity contribution in [3.8, 4) is 5.75 Å². The molecule has 0 saturated heterocycles. The molecule has 1 aromatic carbocycles. The molecule has 0 saturated carbocycles.